The Morgan fingerprint density at radius 3 is 1.36 bits per heavy atom. The van der Waals surface area contributed by atoms with Crippen LogP contribution in [-0.4, -0.2) is 0 Å². The Labute approximate surface area is 373 Å². The first-order chi connectivity index (χ1) is 31.8. The summed E-state index contributed by atoms with van der Waals surface area (Å²) in [5.41, 5.74) is 18.8. The van der Waals surface area contributed by atoms with Crippen molar-refractivity contribution in [1.82, 2.24) is 0 Å². The lowest BCUT2D eigenvalue weighted by Gasteiger charge is -2.34. The van der Waals surface area contributed by atoms with Gasteiger partial charge in [-0.1, -0.05) is 218 Å². The number of anilines is 3. The summed E-state index contributed by atoms with van der Waals surface area (Å²) in [7, 11) is 0. The molecule has 0 saturated heterocycles. The van der Waals surface area contributed by atoms with Crippen molar-refractivity contribution in [2.24, 2.45) is 0 Å². The molecule has 64 heavy (non-hydrogen) atoms. The fourth-order valence-corrected chi connectivity index (χ4v) is 11.5. The molecule has 1 aromatic heterocycles. The fraction of sp³-hybridized carbons (Fsp3) is 0.0323. The Hall–Kier alpha value is -8.20. The van der Waals surface area contributed by atoms with E-state index in [1.807, 2.05) is 0 Å². The largest absolute Gasteiger partial charge is 0.454 e. The van der Waals surface area contributed by atoms with Gasteiger partial charge >= 0.3 is 0 Å². The van der Waals surface area contributed by atoms with Crippen LogP contribution < -0.4 is 4.90 Å². The van der Waals surface area contributed by atoms with Crippen molar-refractivity contribution in [3.63, 3.8) is 0 Å². The summed E-state index contributed by atoms with van der Waals surface area (Å²) < 4.78 is 7.29. The van der Waals surface area contributed by atoms with Gasteiger partial charge in [-0.3, -0.25) is 0 Å². The van der Waals surface area contributed by atoms with Gasteiger partial charge in [-0.25, -0.2) is 0 Å². The molecule has 0 spiro atoms. The topological polar surface area (TPSA) is 16.4 Å². The Kier molecular flexibility index (Phi) is 8.07. The number of benzene rings is 10. The quantitative estimate of drug-likeness (QED) is 0.159. The highest BCUT2D eigenvalue weighted by atomic mass is 16.3. The van der Waals surface area contributed by atoms with Crippen LogP contribution in [0.4, 0.5) is 17.1 Å². The third-order valence-electron chi connectivity index (χ3n) is 14.0. The molecule has 10 aromatic carbocycles. The van der Waals surface area contributed by atoms with Gasteiger partial charge in [0.25, 0.3) is 0 Å². The molecule has 0 fully saturated rings. The highest BCUT2D eigenvalue weighted by Gasteiger charge is 2.48. The molecule has 0 N–H and O–H groups in total. The van der Waals surface area contributed by atoms with Crippen LogP contribution in [0.2, 0.25) is 0 Å². The van der Waals surface area contributed by atoms with Crippen molar-refractivity contribution in [1.29, 1.82) is 0 Å². The molecule has 13 rings (SSSR count). The zero-order chi connectivity index (χ0) is 42.2. The maximum Gasteiger partial charge on any atom is 0.159 e. The normalized spacial score (nSPS) is 13.9. The van der Waals surface area contributed by atoms with Crippen LogP contribution >= 0.6 is 0 Å². The standard InChI is InChI=1S/C62H41NO/c1-5-21-42(22-6-1)61(43-23-7-2-8-24-43)54-35-18-15-31-51(54)59-55(61)36-20-37-56(59)63(46-27-11-4-12-28-46)57-38-19-32-50-49-40-39-45(41-58(49)64-60(50)57)62(44-25-9-3-10-26-44)52-33-16-13-29-47(52)48-30-14-17-34-53(48)62/h1-41H. The maximum atomic E-state index is 7.29. The molecule has 300 valence electrons. The van der Waals surface area contributed by atoms with E-state index in [0.717, 1.165) is 39.0 Å². The van der Waals surface area contributed by atoms with Crippen LogP contribution in [0.5, 0.6) is 0 Å². The molecular weight excluding hydrogens is 775 g/mol. The first kappa shape index (κ1) is 36.5. The average Bonchev–Trinajstić information content (AvgIpc) is 4.01. The fourth-order valence-electron chi connectivity index (χ4n) is 11.5. The molecule has 2 nitrogen and oxygen atoms in total. The maximum absolute atomic E-state index is 7.29. The summed E-state index contributed by atoms with van der Waals surface area (Å²) in [6.07, 6.45) is 0. The Morgan fingerprint density at radius 1 is 0.312 bits per heavy atom. The van der Waals surface area contributed by atoms with Gasteiger partial charge in [0, 0.05) is 22.0 Å². The van der Waals surface area contributed by atoms with Crippen molar-refractivity contribution in [3.8, 4) is 22.3 Å². The second-order valence-electron chi connectivity index (χ2n) is 17.1. The minimum atomic E-state index is -0.527. The Bertz CT molecular complexity index is 3470. The van der Waals surface area contributed by atoms with Crippen LogP contribution in [0, 0.1) is 0 Å². The summed E-state index contributed by atoms with van der Waals surface area (Å²) in [5.74, 6) is 0. The second-order valence-corrected chi connectivity index (χ2v) is 17.1. The van der Waals surface area contributed by atoms with Gasteiger partial charge in [0.2, 0.25) is 0 Å². The van der Waals surface area contributed by atoms with Crippen LogP contribution in [-0.2, 0) is 10.8 Å². The van der Waals surface area contributed by atoms with E-state index in [9.17, 15) is 0 Å². The minimum absolute atomic E-state index is 0.525. The molecule has 2 aliphatic rings. The number of hydrogen-bond acceptors (Lipinski definition) is 2. The molecule has 1 heterocycles. The monoisotopic (exact) mass is 815 g/mol. The number of rotatable bonds is 7. The first-order valence-corrected chi connectivity index (χ1v) is 22.2. The number of hydrogen-bond donors (Lipinski definition) is 0. The van der Waals surface area contributed by atoms with Gasteiger partial charge < -0.3 is 9.32 Å². The lowest BCUT2D eigenvalue weighted by molar-refractivity contribution is 0.666. The third-order valence-corrected chi connectivity index (χ3v) is 14.0. The van der Waals surface area contributed by atoms with Crippen LogP contribution in [0.3, 0.4) is 0 Å². The van der Waals surface area contributed by atoms with E-state index in [4.69, 9.17) is 4.42 Å². The van der Waals surface area contributed by atoms with Crippen molar-refractivity contribution >= 4 is 39.0 Å². The third kappa shape index (κ3) is 4.97. The average molecular weight is 816 g/mol. The molecular formula is C62H41NO. The van der Waals surface area contributed by atoms with Crippen LogP contribution in [0.15, 0.2) is 253 Å². The van der Waals surface area contributed by atoms with Gasteiger partial charge in [0.15, 0.2) is 5.58 Å². The lowest BCUT2D eigenvalue weighted by Crippen LogP contribution is -2.28. The van der Waals surface area contributed by atoms with Crippen molar-refractivity contribution in [2.75, 3.05) is 4.90 Å². The molecule has 0 unspecified atom stereocenters. The molecule has 0 radical (unpaired) electrons. The summed E-state index contributed by atoms with van der Waals surface area (Å²) in [4.78, 5) is 2.42. The number of fused-ring (bicyclic) bond motifs is 9. The van der Waals surface area contributed by atoms with Crippen molar-refractivity contribution in [2.45, 2.75) is 10.8 Å². The lowest BCUT2D eigenvalue weighted by atomic mass is 9.67. The second kappa shape index (κ2) is 14.2. The minimum Gasteiger partial charge on any atom is -0.454 e. The number of para-hydroxylation sites is 2. The summed E-state index contributed by atoms with van der Waals surface area (Å²) >= 11 is 0. The first-order valence-electron chi connectivity index (χ1n) is 22.2. The molecule has 0 atom stereocenters. The van der Waals surface area contributed by atoms with Gasteiger partial charge in [-0.15, -0.1) is 0 Å². The predicted molar refractivity (Wildman–Crippen MR) is 263 cm³/mol. The predicted octanol–water partition coefficient (Wildman–Crippen LogP) is 15.8. The highest BCUT2D eigenvalue weighted by molar-refractivity contribution is 6.11. The number of furan rings is 1. The summed E-state index contributed by atoms with van der Waals surface area (Å²) in [6.45, 7) is 0. The molecule has 0 bridgehead atoms. The molecule has 11 aromatic rings. The Balaban J connectivity index is 1.07. The summed E-state index contributed by atoms with van der Waals surface area (Å²) in [5, 5.41) is 2.17. The summed E-state index contributed by atoms with van der Waals surface area (Å²) in [6, 6.07) is 91.0. The molecule has 0 amide bonds. The van der Waals surface area contributed by atoms with E-state index in [-0.39, 0.29) is 0 Å². The molecule has 2 aliphatic carbocycles. The number of nitrogens with zero attached hydrogens (tertiary/aromatic N) is 1. The zero-order valence-corrected chi connectivity index (χ0v) is 35.0. The highest BCUT2D eigenvalue weighted by Crippen LogP contribution is 2.60. The SMILES string of the molecule is c1ccc(N(c2cccc3c2-c2ccccc2C3(c2ccccc2)c2ccccc2)c2cccc3c2oc2cc(C4(c5ccccc5)c5ccccc5-c5ccccc54)ccc23)cc1. The van der Waals surface area contributed by atoms with Gasteiger partial charge in [-0.2, -0.15) is 0 Å². The smallest absolute Gasteiger partial charge is 0.159 e. The van der Waals surface area contributed by atoms with E-state index < -0.39 is 10.8 Å². The van der Waals surface area contributed by atoms with Gasteiger partial charge in [0.05, 0.1) is 22.2 Å². The van der Waals surface area contributed by atoms with Crippen LogP contribution in [0.1, 0.15) is 44.5 Å². The van der Waals surface area contributed by atoms with Gasteiger partial charge in [-0.05, 0) is 91.5 Å². The van der Waals surface area contributed by atoms with E-state index in [1.165, 1.54) is 66.8 Å². The van der Waals surface area contributed by atoms with Crippen molar-refractivity contribution < 1.29 is 4.42 Å². The van der Waals surface area contributed by atoms with E-state index in [1.54, 1.807) is 0 Å². The van der Waals surface area contributed by atoms with E-state index in [2.05, 4.69) is 254 Å². The van der Waals surface area contributed by atoms with E-state index >= 15 is 0 Å². The van der Waals surface area contributed by atoms with Crippen molar-refractivity contribution in [3.05, 3.63) is 293 Å². The van der Waals surface area contributed by atoms with Gasteiger partial charge in [0.1, 0.15) is 5.58 Å². The molecule has 0 aliphatic heterocycles. The molecule has 0 saturated carbocycles. The van der Waals surface area contributed by atoms with Crippen LogP contribution in [0.25, 0.3) is 44.2 Å². The molecule has 2 heteroatoms. The Morgan fingerprint density at radius 2 is 0.766 bits per heavy atom. The zero-order valence-electron chi connectivity index (χ0n) is 35.0. The van der Waals surface area contributed by atoms with E-state index in [0.29, 0.717) is 0 Å².